The summed E-state index contributed by atoms with van der Waals surface area (Å²) < 4.78 is 26.0. The molecule has 0 aliphatic rings. The number of rotatable bonds is 9. The van der Waals surface area contributed by atoms with Crippen molar-refractivity contribution in [1.82, 2.24) is 5.32 Å². The van der Waals surface area contributed by atoms with Crippen molar-refractivity contribution in [2.75, 3.05) is 17.1 Å². The van der Waals surface area contributed by atoms with Crippen molar-refractivity contribution in [3.8, 4) is 0 Å². The predicted molar refractivity (Wildman–Crippen MR) is 115 cm³/mol. The molecule has 2 rings (SSSR count). The summed E-state index contributed by atoms with van der Waals surface area (Å²) in [5.74, 6) is -0.0647. The van der Waals surface area contributed by atoms with Gasteiger partial charge >= 0.3 is 0 Å². The molecule has 0 bridgehead atoms. The molecule has 2 aromatic rings. The second-order valence-electron chi connectivity index (χ2n) is 7.17. The van der Waals surface area contributed by atoms with Gasteiger partial charge in [-0.2, -0.15) is 0 Å². The lowest BCUT2D eigenvalue weighted by atomic mass is 10.0. The van der Waals surface area contributed by atoms with Gasteiger partial charge in [0.25, 0.3) is 0 Å². The molecule has 0 heterocycles. The first kappa shape index (κ1) is 22.0. The Balaban J connectivity index is 2.00. The molecular weight excluding hydrogens is 372 g/mol. The van der Waals surface area contributed by atoms with Crippen molar-refractivity contribution in [1.29, 1.82) is 0 Å². The van der Waals surface area contributed by atoms with E-state index in [0.29, 0.717) is 12.1 Å². The van der Waals surface area contributed by atoms with Crippen molar-refractivity contribution in [3.05, 3.63) is 65.2 Å². The Kier molecular flexibility index (Phi) is 7.63. The van der Waals surface area contributed by atoms with E-state index in [0.717, 1.165) is 23.1 Å². The zero-order valence-corrected chi connectivity index (χ0v) is 17.9. The van der Waals surface area contributed by atoms with Gasteiger partial charge in [-0.3, -0.25) is 9.10 Å². The number of aryl methyl sites for hydroxylation is 2. The fraction of sp³-hybridized carbons (Fsp3) is 0.409. The van der Waals surface area contributed by atoms with Crippen LogP contribution in [0.1, 0.15) is 48.9 Å². The first-order valence-corrected chi connectivity index (χ1v) is 11.5. The Bertz CT molecular complexity index is 895. The van der Waals surface area contributed by atoms with Crippen LogP contribution in [0.5, 0.6) is 0 Å². The standard InChI is InChI=1S/C22H30N2O3S/c1-5-20(19-10-7-6-8-11-19)23-22(25)12-9-15-24(28(4,26)27)21-16-17(2)13-14-18(21)3/h6-8,10-11,13-14,16,20H,5,9,12,15H2,1-4H3,(H,23,25). The number of sulfonamides is 1. The molecule has 6 heteroatoms. The minimum absolute atomic E-state index is 0.0290. The first-order chi connectivity index (χ1) is 13.2. The number of hydrogen-bond acceptors (Lipinski definition) is 3. The van der Waals surface area contributed by atoms with Crippen LogP contribution in [-0.2, 0) is 14.8 Å². The van der Waals surface area contributed by atoms with Gasteiger partial charge < -0.3 is 5.32 Å². The van der Waals surface area contributed by atoms with Crippen molar-refractivity contribution < 1.29 is 13.2 Å². The van der Waals surface area contributed by atoms with Gasteiger partial charge in [-0.25, -0.2) is 8.42 Å². The summed E-state index contributed by atoms with van der Waals surface area (Å²) in [7, 11) is -3.42. The number of amides is 1. The quantitative estimate of drug-likeness (QED) is 0.686. The summed E-state index contributed by atoms with van der Waals surface area (Å²) in [6, 6.07) is 15.6. The molecule has 0 radical (unpaired) electrons. The number of anilines is 1. The first-order valence-electron chi connectivity index (χ1n) is 9.61. The summed E-state index contributed by atoms with van der Waals surface area (Å²) >= 11 is 0. The number of nitrogens with zero attached hydrogens (tertiary/aromatic N) is 1. The molecule has 2 aromatic carbocycles. The van der Waals surface area contributed by atoms with E-state index in [9.17, 15) is 13.2 Å². The third kappa shape index (κ3) is 6.09. The monoisotopic (exact) mass is 402 g/mol. The van der Waals surface area contributed by atoms with Crippen LogP contribution in [0.4, 0.5) is 5.69 Å². The molecule has 0 fully saturated rings. The average molecular weight is 403 g/mol. The highest BCUT2D eigenvalue weighted by atomic mass is 32.2. The van der Waals surface area contributed by atoms with E-state index in [4.69, 9.17) is 0 Å². The molecule has 0 saturated heterocycles. The molecule has 1 atom stereocenters. The molecule has 0 saturated carbocycles. The highest BCUT2D eigenvalue weighted by Crippen LogP contribution is 2.24. The zero-order valence-electron chi connectivity index (χ0n) is 17.1. The maximum absolute atomic E-state index is 12.4. The number of nitrogens with one attached hydrogen (secondary N) is 1. The fourth-order valence-electron chi connectivity index (χ4n) is 3.21. The minimum atomic E-state index is -3.42. The van der Waals surface area contributed by atoms with Crippen molar-refractivity contribution in [3.63, 3.8) is 0 Å². The van der Waals surface area contributed by atoms with Crippen LogP contribution in [-0.4, -0.2) is 27.1 Å². The average Bonchev–Trinajstić information content (AvgIpc) is 2.65. The molecule has 1 N–H and O–H groups in total. The summed E-state index contributed by atoms with van der Waals surface area (Å²) in [6.07, 6.45) is 2.74. The van der Waals surface area contributed by atoms with Crippen LogP contribution in [0.15, 0.2) is 48.5 Å². The number of hydrogen-bond donors (Lipinski definition) is 1. The van der Waals surface area contributed by atoms with Crippen molar-refractivity contribution in [2.24, 2.45) is 0 Å². The van der Waals surface area contributed by atoms with Crippen LogP contribution < -0.4 is 9.62 Å². The van der Waals surface area contributed by atoms with Gasteiger partial charge in [0.1, 0.15) is 0 Å². The molecule has 152 valence electrons. The van der Waals surface area contributed by atoms with E-state index < -0.39 is 10.0 Å². The van der Waals surface area contributed by atoms with Crippen molar-refractivity contribution >= 4 is 21.6 Å². The maximum Gasteiger partial charge on any atom is 0.232 e. The van der Waals surface area contributed by atoms with Gasteiger partial charge in [-0.1, -0.05) is 49.4 Å². The summed E-state index contributed by atoms with van der Waals surface area (Å²) in [4.78, 5) is 12.4. The smallest absolute Gasteiger partial charge is 0.232 e. The van der Waals surface area contributed by atoms with Gasteiger partial charge in [-0.05, 0) is 49.4 Å². The molecule has 0 aliphatic heterocycles. The van der Waals surface area contributed by atoms with E-state index in [2.05, 4.69) is 5.32 Å². The van der Waals surface area contributed by atoms with Gasteiger partial charge in [0, 0.05) is 13.0 Å². The van der Waals surface area contributed by atoms with E-state index in [1.807, 2.05) is 69.3 Å². The topological polar surface area (TPSA) is 66.5 Å². The van der Waals surface area contributed by atoms with Crippen LogP contribution in [0, 0.1) is 13.8 Å². The van der Waals surface area contributed by atoms with Crippen LogP contribution in [0.25, 0.3) is 0 Å². The van der Waals surface area contributed by atoms with Gasteiger partial charge in [0.05, 0.1) is 18.0 Å². The summed E-state index contributed by atoms with van der Waals surface area (Å²) in [5, 5.41) is 3.05. The lowest BCUT2D eigenvalue weighted by molar-refractivity contribution is -0.121. The van der Waals surface area contributed by atoms with Crippen molar-refractivity contribution in [2.45, 2.75) is 46.1 Å². The lowest BCUT2D eigenvalue weighted by Gasteiger charge is -2.25. The Labute approximate surface area is 168 Å². The Morgan fingerprint density at radius 2 is 1.79 bits per heavy atom. The minimum Gasteiger partial charge on any atom is -0.349 e. The fourth-order valence-corrected chi connectivity index (χ4v) is 4.22. The second-order valence-corrected chi connectivity index (χ2v) is 9.07. The Morgan fingerprint density at radius 1 is 1.11 bits per heavy atom. The number of carbonyl (C=O) groups excluding carboxylic acids is 1. The molecule has 0 spiro atoms. The molecule has 0 aromatic heterocycles. The highest BCUT2D eigenvalue weighted by molar-refractivity contribution is 7.92. The second kappa shape index (κ2) is 9.73. The lowest BCUT2D eigenvalue weighted by Crippen LogP contribution is -2.33. The molecule has 0 aliphatic carbocycles. The van der Waals surface area contributed by atoms with E-state index in [1.165, 1.54) is 10.6 Å². The molecule has 1 amide bonds. The van der Waals surface area contributed by atoms with Gasteiger partial charge in [0.15, 0.2) is 0 Å². The third-order valence-corrected chi connectivity index (χ3v) is 5.92. The van der Waals surface area contributed by atoms with E-state index in [1.54, 1.807) is 0 Å². The summed E-state index contributed by atoms with van der Waals surface area (Å²) in [5.41, 5.74) is 3.65. The maximum atomic E-state index is 12.4. The molecule has 28 heavy (non-hydrogen) atoms. The van der Waals surface area contributed by atoms with Crippen LogP contribution in [0.3, 0.4) is 0 Å². The number of benzene rings is 2. The molecule has 5 nitrogen and oxygen atoms in total. The number of carbonyl (C=O) groups is 1. The zero-order chi connectivity index (χ0) is 20.7. The van der Waals surface area contributed by atoms with Gasteiger partial charge in [0.2, 0.25) is 15.9 Å². The van der Waals surface area contributed by atoms with Crippen LogP contribution >= 0.6 is 0 Å². The predicted octanol–water partition coefficient (Wildman–Crippen LogP) is 4.12. The normalized spacial score (nSPS) is 12.4. The molecule has 1 unspecified atom stereocenters. The summed E-state index contributed by atoms with van der Waals surface area (Å²) in [6.45, 7) is 6.14. The van der Waals surface area contributed by atoms with Crippen LogP contribution in [0.2, 0.25) is 0 Å². The van der Waals surface area contributed by atoms with Gasteiger partial charge in [-0.15, -0.1) is 0 Å². The van der Waals surface area contributed by atoms with E-state index >= 15 is 0 Å². The largest absolute Gasteiger partial charge is 0.349 e. The Morgan fingerprint density at radius 3 is 2.39 bits per heavy atom. The highest BCUT2D eigenvalue weighted by Gasteiger charge is 2.20. The van der Waals surface area contributed by atoms with E-state index in [-0.39, 0.29) is 24.9 Å². The third-order valence-electron chi connectivity index (χ3n) is 4.74. The SMILES string of the molecule is CCC(NC(=O)CCCN(c1cc(C)ccc1C)S(C)(=O)=O)c1ccccc1. The Hall–Kier alpha value is -2.34. The molecular formula is C22H30N2O3S.